The first kappa shape index (κ1) is 12.5. The van der Waals surface area contributed by atoms with E-state index >= 15 is 0 Å². The molecule has 1 nitrogen and oxygen atoms in total. The van der Waals surface area contributed by atoms with E-state index in [1.165, 1.54) is 5.57 Å². The van der Waals surface area contributed by atoms with E-state index in [9.17, 15) is 0 Å². The third-order valence-corrected chi connectivity index (χ3v) is 1.62. The number of rotatable bonds is 5. The quantitative estimate of drug-likeness (QED) is 0.650. The van der Waals surface area contributed by atoms with Crippen molar-refractivity contribution >= 4 is 0 Å². The van der Waals surface area contributed by atoms with Gasteiger partial charge in [-0.05, 0) is 32.9 Å². The highest BCUT2D eigenvalue weighted by molar-refractivity contribution is 5.15. The van der Waals surface area contributed by atoms with Gasteiger partial charge in [-0.15, -0.1) is 0 Å². The Morgan fingerprint density at radius 3 is 2.29 bits per heavy atom. The van der Waals surface area contributed by atoms with E-state index < -0.39 is 0 Å². The zero-order valence-electron chi connectivity index (χ0n) is 9.20. The van der Waals surface area contributed by atoms with Gasteiger partial charge in [0.15, 0.2) is 0 Å². The maximum atomic E-state index is 3.05. The van der Waals surface area contributed by atoms with Crippen molar-refractivity contribution in [1.29, 1.82) is 0 Å². The zero-order chi connectivity index (χ0) is 10.6. The van der Waals surface area contributed by atoms with Crippen molar-refractivity contribution in [2.75, 3.05) is 0 Å². The molecular formula is C13H19N. The van der Waals surface area contributed by atoms with Gasteiger partial charge in [-0.1, -0.05) is 36.0 Å². The molecule has 0 heterocycles. The van der Waals surface area contributed by atoms with Gasteiger partial charge >= 0.3 is 0 Å². The lowest BCUT2D eigenvalue weighted by molar-refractivity contribution is 1.19. The van der Waals surface area contributed by atoms with Crippen LogP contribution in [-0.4, -0.2) is 0 Å². The summed E-state index contributed by atoms with van der Waals surface area (Å²) in [7, 11) is 0. The van der Waals surface area contributed by atoms with E-state index in [1.807, 2.05) is 62.7 Å². The topological polar surface area (TPSA) is 12.0 Å². The molecule has 0 aromatic heterocycles. The van der Waals surface area contributed by atoms with Crippen molar-refractivity contribution in [2.24, 2.45) is 0 Å². The number of hydrogen-bond donors (Lipinski definition) is 1. The highest BCUT2D eigenvalue weighted by Crippen LogP contribution is 1.91. The Bertz CT molecular complexity index is 265. The highest BCUT2D eigenvalue weighted by Gasteiger charge is 1.73. The van der Waals surface area contributed by atoms with Crippen LogP contribution in [0.5, 0.6) is 0 Å². The summed E-state index contributed by atoms with van der Waals surface area (Å²) in [6.45, 7) is 6.08. The molecule has 0 radical (unpaired) electrons. The van der Waals surface area contributed by atoms with Crippen molar-refractivity contribution in [3.05, 3.63) is 60.5 Å². The van der Waals surface area contributed by atoms with Crippen molar-refractivity contribution in [2.45, 2.75) is 20.8 Å². The van der Waals surface area contributed by atoms with Gasteiger partial charge in [0.25, 0.3) is 0 Å². The smallest absolute Gasteiger partial charge is 0.000695 e. The van der Waals surface area contributed by atoms with Gasteiger partial charge in [-0.2, -0.15) is 0 Å². The van der Waals surface area contributed by atoms with Gasteiger partial charge in [-0.3, -0.25) is 0 Å². The molecular weight excluding hydrogens is 170 g/mol. The summed E-state index contributed by atoms with van der Waals surface area (Å²) >= 11 is 0. The van der Waals surface area contributed by atoms with Crippen LogP contribution in [0, 0.1) is 0 Å². The molecule has 0 fully saturated rings. The first-order valence-corrected chi connectivity index (χ1v) is 4.81. The van der Waals surface area contributed by atoms with Crippen molar-refractivity contribution in [1.82, 2.24) is 5.32 Å². The molecule has 0 amide bonds. The number of allylic oxidation sites excluding steroid dienone is 8. The van der Waals surface area contributed by atoms with Crippen LogP contribution in [0.4, 0.5) is 0 Å². The third kappa shape index (κ3) is 8.60. The van der Waals surface area contributed by atoms with E-state index in [0.717, 1.165) is 0 Å². The van der Waals surface area contributed by atoms with Gasteiger partial charge in [0.05, 0.1) is 0 Å². The van der Waals surface area contributed by atoms with E-state index in [-0.39, 0.29) is 0 Å². The summed E-state index contributed by atoms with van der Waals surface area (Å²) in [5.41, 5.74) is 1.25. The molecule has 76 valence electrons. The van der Waals surface area contributed by atoms with Crippen LogP contribution in [0.1, 0.15) is 20.8 Å². The Morgan fingerprint density at radius 1 is 0.929 bits per heavy atom. The molecule has 0 rings (SSSR count). The maximum Gasteiger partial charge on any atom is 0.000695 e. The number of hydrogen-bond acceptors (Lipinski definition) is 1. The minimum Gasteiger partial charge on any atom is -0.368 e. The molecule has 0 aliphatic rings. The molecule has 0 atom stereocenters. The molecule has 0 aliphatic carbocycles. The first-order chi connectivity index (χ1) is 6.81. The Kier molecular flexibility index (Phi) is 8.56. The normalized spacial score (nSPS) is 14.1. The second-order valence-corrected chi connectivity index (χ2v) is 2.80. The minimum atomic E-state index is 1.25. The third-order valence-electron chi connectivity index (χ3n) is 1.62. The summed E-state index contributed by atoms with van der Waals surface area (Å²) in [6, 6.07) is 0. The fourth-order valence-corrected chi connectivity index (χ4v) is 0.682. The molecule has 0 bridgehead atoms. The molecule has 0 saturated heterocycles. The van der Waals surface area contributed by atoms with Crippen LogP contribution < -0.4 is 5.32 Å². The maximum absolute atomic E-state index is 3.05. The standard InChI is InChI=1S/C13H19N/c1-4-6-7-8-9-11-14-12-10-13(3)5-2/h4-12,14H,1-3H3/b6-4-,8-7-,11-9+,12-10-,13-5-. The molecule has 0 aliphatic heterocycles. The molecule has 14 heavy (non-hydrogen) atoms. The molecule has 0 saturated carbocycles. The van der Waals surface area contributed by atoms with Crippen LogP contribution in [0.3, 0.4) is 0 Å². The second kappa shape index (κ2) is 9.59. The van der Waals surface area contributed by atoms with Gasteiger partial charge in [-0.25, -0.2) is 0 Å². The predicted molar refractivity (Wildman–Crippen MR) is 64.8 cm³/mol. The SMILES string of the molecule is C\C=C/C=C\C=C\N/C=C\C(C)=C/C. The minimum absolute atomic E-state index is 1.25. The molecule has 0 spiro atoms. The summed E-state index contributed by atoms with van der Waals surface area (Å²) < 4.78 is 0. The summed E-state index contributed by atoms with van der Waals surface area (Å²) in [5, 5.41) is 3.05. The van der Waals surface area contributed by atoms with Gasteiger partial charge < -0.3 is 5.32 Å². The van der Waals surface area contributed by atoms with E-state index in [1.54, 1.807) is 0 Å². The average Bonchev–Trinajstić information content (AvgIpc) is 2.21. The van der Waals surface area contributed by atoms with E-state index in [4.69, 9.17) is 0 Å². The lowest BCUT2D eigenvalue weighted by atomic mass is 10.3. The van der Waals surface area contributed by atoms with Crippen LogP contribution >= 0.6 is 0 Å². The second-order valence-electron chi connectivity index (χ2n) is 2.80. The summed E-state index contributed by atoms with van der Waals surface area (Å²) in [6.07, 6.45) is 17.8. The monoisotopic (exact) mass is 189 g/mol. The zero-order valence-corrected chi connectivity index (χ0v) is 9.20. The van der Waals surface area contributed by atoms with Crippen LogP contribution in [0.25, 0.3) is 0 Å². The van der Waals surface area contributed by atoms with Crippen LogP contribution in [0.2, 0.25) is 0 Å². The van der Waals surface area contributed by atoms with Gasteiger partial charge in [0, 0.05) is 12.4 Å². The molecule has 0 aromatic carbocycles. The van der Waals surface area contributed by atoms with Crippen LogP contribution in [-0.2, 0) is 0 Å². The Hall–Kier alpha value is -1.50. The van der Waals surface area contributed by atoms with Crippen molar-refractivity contribution < 1.29 is 0 Å². The molecule has 0 aromatic rings. The van der Waals surface area contributed by atoms with Crippen molar-refractivity contribution in [3.63, 3.8) is 0 Å². The van der Waals surface area contributed by atoms with Gasteiger partial charge in [0.2, 0.25) is 0 Å². The summed E-state index contributed by atoms with van der Waals surface area (Å²) in [5.74, 6) is 0. The molecule has 1 N–H and O–H groups in total. The lowest BCUT2D eigenvalue weighted by Crippen LogP contribution is -1.90. The molecule has 1 heteroatoms. The predicted octanol–water partition coefficient (Wildman–Crippen LogP) is 3.70. The molecule has 0 unspecified atom stereocenters. The Morgan fingerprint density at radius 2 is 1.64 bits per heavy atom. The Balaban J connectivity index is 3.68. The van der Waals surface area contributed by atoms with E-state index in [2.05, 4.69) is 18.3 Å². The average molecular weight is 189 g/mol. The summed E-state index contributed by atoms with van der Waals surface area (Å²) in [4.78, 5) is 0. The first-order valence-electron chi connectivity index (χ1n) is 4.81. The fraction of sp³-hybridized carbons (Fsp3) is 0.231. The fourth-order valence-electron chi connectivity index (χ4n) is 0.682. The van der Waals surface area contributed by atoms with Gasteiger partial charge in [0.1, 0.15) is 0 Å². The van der Waals surface area contributed by atoms with Crippen LogP contribution in [0.15, 0.2) is 60.5 Å². The van der Waals surface area contributed by atoms with E-state index in [0.29, 0.717) is 0 Å². The largest absolute Gasteiger partial charge is 0.368 e. The lowest BCUT2D eigenvalue weighted by Gasteiger charge is -1.89. The van der Waals surface area contributed by atoms with Crippen molar-refractivity contribution in [3.8, 4) is 0 Å². The highest BCUT2D eigenvalue weighted by atomic mass is 14.8. The Labute approximate surface area is 87.2 Å². The number of nitrogens with one attached hydrogen (secondary N) is 1.